The zero-order valence-electron chi connectivity index (χ0n) is 16.8. The number of rotatable bonds is 5. The summed E-state index contributed by atoms with van der Waals surface area (Å²) in [4.78, 5) is 35.8. The quantitative estimate of drug-likeness (QED) is 0.772. The zero-order chi connectivity index (χ0) is 19.4. The summed E-state index contributed by atoms with van der Waals surface area (Å²) in [6, 6.07) is 0. The Labute approximate surface area is 166 Å². The van der Waals surface area contributed by atoms with Crippen molar-refractivity contribution < 1.29 is 9.59 Å². The summed E-state index contributed by atoms with van der Waals surface area (Å²) in [5.41, 5.74) is 1.02. The first-order valence-electron chi connectivity index (χ1n) is 10.1. The fraction of sp³-hybridized carbons (Fsp3) is 0.750. The second kappa shape index (κ2) is 9.15. The van der Waals surface area contributed by atoms with E-state index in [2.05, 4.69) is 22.2 Å². The van der Waals surface area contributed by atoms with E-state index in [1.54, 1.807) is 11.3 Å². The number of carbonyl (C=O) groups excluding carboxylic acids is 2. The smallest absolute Gasteiger partial charge is 0.236 e. The summed E-state index contributed by atoms with van der Waals surface area (Å²) in [6.45, 7) is 8.52. The molecule has 2 aliphatic heterocycles. The second-order valence-electron chi connectivity index (χ2n) is 8.22. The van der Waals surface area contributed by atoms with E-state index >= 15 is 0 Å². The van der Waals surface area contributed by atoms with Crippen LogP contribution in [0.2, 0.25) is 0 Å². The van der Waals surface area contributed by atoms with Crippen LogP contribution in [0.4, 0.5) is 0 Å². The molecular formula is C20H32N4O2S. The Bertz CT molecular complexity index is 654. The van der Waals surface area contributed by atoms with Gasteiger partial charge in [0.25, 0.3) is 0 Å². The van der Waals surface area contributed by atoms with E-state index in [1.165, 1.54) is 6.42 Å². The van der Waals surface area contributed by atoms with Crippen LogP contribution in [0.1, 0.15) is 43.3 Å². The molecule has 0 spiro atoms. The highest BCUT2D eigenvalue weighted by Crippen LogP contribution is 2.23. The molecular weight excluding hydrogens is 360 g/mol. The molecule has 1 unspecified atom stereocenters. The van der Waals surface area contributed by atoms with Crippen LogP contribution >= 0.6 is 11.3 Å². The fourth-order valence-electron chi connectivity index (χ4n) is 4.17. The van der Waals surface area contributed by atoms with Crippen molar-refractivity contribution in [1.29, 1.82) is 0 Å². The minimum Gasteiger partial charge on any atom is -0.342 e. The standard InChI is InChI=1S/C20H32N4O2S/c1-15-5-4-8-24(11-15)20(26)17-6-9-23(10-7-17)19(25)13-22(3)12-18-14-27-16(2)21-18/h14-15,17H,4-13H2,1-3H3. The van der Waals surface area contributed by atoms with E-state index in [0.29, 0.717) is 38.0 Å². The lowest BCUT2D eigenvalue weighted by Gasteiger charge is -2.37. The minimum absolute atomic E-state index is 0.0926. The van der Waals surface area contributed by atoms with E-state index < -0.39 is 0 Å². The molecule has 6 nitrogen and oxygen atoms in total. The Hall–Kier alpha value is -1.47. The molecule has 0 aromatic carbocycles. The van der Waals surface area contributed by atoms with Gasteiger partial charge in [0.05, 0.1) is 17.2 Å². The van der Waals surface area contributed by atoms with Crippen LogP contribution in [0.25, 0.3) is 0 Å². The molecule has 3 heterocycles. The van der Waals surface area contributed by atoms with Gasteiger partial charge in [-0.25, -0.2) is 4.98 Å². The first-order chi connectivity index (χ1) is 12.9. The molecule has 1 aromatic rings. The molecule has 150 valence electrons. The van der Waals surface area contributed by atoms with Crippen molar-refractivity contribution in [3.05, 3.63) is 16.1 Å². The highest BCUT2D eigenvalue weighted by Gasteiger charge is 2.31. The Morgan fingerprint density at radius 3 is 2.59 bits per heavy atom. The highest BCUT2D eigenvalue weighted by atomic mass is 32.1. The molecule has 2 saturated heterocycles. The van der Waals surface area contributed by atoms with E-state index in [0.717, 1.165) is 43.1 Å². The van der Waals surface area contributed by atoms with Crippen LogP contribution in [0.15, 0.2) is 5.38 Å². The number of hydrogen-bond acceptors (Lipinski definition) is 5. The van der Waals surface area contributed by atoms with Crippen LogP contribution in [0.5, 0.6) is 0 Å². The van der Waals surface area contributed by atoms with Crippen LogP contribution < -0.4 is 0 Å². The van der Waals surface area contributed by atoms with Gasteiger partial charge in [0.1, 0.15) is 0 Å². The molecule has 27 heavy (non-hydrogen) atoms. The van der Waals surface area contributed by atoms with Crippen LogP contribution in [-0.2, 0) is 16.1 Å². The van der Waals surface area contributed by atoms with E-state index in [1.807, 2.05) is 23.8 Å². The zero-order valence-corrected chi connectivity index (χ0v) is 17.6. The average molecular weight is 393 g/mol. The maximum absolute atomic E-state index is 12.8. The third-order valence-corrected chi connectivity index (χ3v) is 6.49. The monoisotopic (exact) mass is 392 g/mol. The number of likely N-dealkylation sites (tertiary alicyclic amines) is 2. The molecule has 0 N–H and O–H groups in total. The number of hydrogen-bond donors (Lipinski definition) is 0. The highest BCUT2D eigenvalue weighted by molar-refractivity contribution is 7.09. The van der Waals surface area contributed by atoms with Crippen molar-refractivity contribution in [2.75, 3.05) is 39.8 Å². The normalized spacial score (nSPS) is 21.7. The summed E-state index contributed by atoms with van der Waals surface area (Å²) in [5.74, 6) is 1.17. The summed E-state index contributed by atoms with van der Waals surface area (Å²) < 4.78 is 0. The van der Waals surface area contributed by atoms with Crippen molar-refractivity contribution in [1.82, 2.24) is 19.7 Å². The number of likely N-dealkylation sites (N-methyl/N-ethyl adjacent to an activating group) is 1. The van der Waals surface area contributed by atoms with E-state index in [9.17, 15) is 9.59 Å². The topological polar surface area (TPSA) is 56.8 Å². The van der Waals surface area contributed by atoms with Crippen molar-refractivity contribution >= 4 is 23.2 Å². The predicted molar refractivity (Wildman–Crippen MR) is 107 cm³/mol. The largest absolute Gasteiger partial charge is 0.342 e. The first kappa shape index (κ1) is 20.3. The van der Waals surface area contributed by atoms with Gasteiger partial charge in [-0.05, 0) is 45.6 Å². The van der Waals surface area contributed by atoms with Crippen molar-refractivity contribution in [2.24, 2.45) is 11.8 Å². The number of aromatic nitrogens is 1. The lowest BCUT2D eigenvalue weighted by molar-refractivity contribution is -0.142. The summed E-state index contributed by atoms with van der Waals surface area (Å²) in [7, 11) is 1.96. The molecule has 0 saturated carbocycles. The van der Waals surface area contributed by atoms with Gasteiger partial charge in [0, 0.05) is 44.0 Å². The second-order valence-corrected chi connectivity index (χ2v) is 9.28. The third-order valence-electron chi connectivity index (χ3n) is 5.67. The first-order valence-corrected chi connectivity index (χ1v) is 11.0. The Balaban J connectivity index is 1.42. The fourth-order valence-corrected chi connectivity index (χ4v) is 4.77. The molecule has 0 aliphatic carbocycles. The molecule has 2 amide bonds. The minimum atomic E-state index is 0.0926. The van der Waals surface area contributed by atoms with Crippen LogP contribution in [0.3, 0.4) is 0 Å². The van der Waals surface area contributed by atoms with Gasteiger partial charge < -0.3 is 9.80 Å². The average Bonchev–Trinajstić information content (AvgIpc) is 3.05. The summed E-state index contributed by atoms with van der Waals surface area (Å²) in [6.07, 6.45) is 3.94. The van der Waals surface area contributed by atoms with Gasteiger partial charge in [-0.1, -0.05) is 6.92 Å². The Morgan fingerprint density at radius 2 is 1.96 bits per heavy atom. The number of carbonyl (C=O) groups is 2. The summed E-state index contributed by atoms with van der Waals surface area (Å²) >= 11 is 1.64. The third kappa shape index (κ3) is 5.51. The lowest BCUT2D eigenvalue weighted by Crippen LogP contribution is -2.48. The molecule has 2 fully saturated rings. The Morgan fingerprint density at radius 1 is 1.22 bits per heavy atom. The number of amides is 2. The van der Waals surface area contributed by atoms with Crippen molar-refractivity contribution in [2.45, 2.75) is 46.1 Å². The molecule has 1 aromatic heterocycles. The van der Waals surface area contributed by atoms with Crippen molar-refractivity contribution in [3.63, 3.8) is 0 Å². The maximum Gasteiger partial charge on any atom is 0.236 e. The van der Waals surface area contributed by atoms with Crippen LogP contribution in [0, 0.1) is 18.8 Å². The van der Waals surface area contributed by atoms with Gasteiger partial charge in [-0.3, -0.25) is 14.5 Å². The molecule has 3 rings (SSSR count). The van der Waals surface area contributed by atoms with Gasteiger partial charge >= 0.3 is 0 Å². The van der Waals surface area contributed by atoms with E-state index in [4.69, 9.17) is 0 Å². The van der Waals surface area contributed by atoms with Crippen molar-refractivity contribution in [3.8, 4) is 0 Å². The maximum atomic E-state index is 12.8. The lowest BCUT2D eigenvalue weighted by atomic mass is 9.92. The van der Waals surface area contributed by atoms with E-state index in [-0.39, 0.29) is 11.8 Å². The SMILES string of the molecule is Cc1nc(CN(C)CC(=O)N2CCC(C(=O)N3CCCC(C)C3)CC2)cs1. The predicted octanol–water partition coefficient (Wildman–Crippen LogP) is 2.38. The number of nitrogens with zero attached hydrogens (tertiary/aromatic N) is 4. The Kier molecular flexibility index (Phi) is 6.87. The number of thiazole rings is 1. The van der Waals surface area contributed by atoms with Gasteiger partial charge in [0.15, 0.2) is 0 Å². The summed E-state index contributed by atoms with van der Waals surface area (Å²) in [5, 5.41) is 3.11. The number of piperidine rings is 2. The molecule has 0 bridgehead atoms. The molecule has 2 aliphatic rings. The van der Waals surface area contributed by atoms with Gasteiger partial charge in [-0.2, -0.15) is 0 Å². The molecule has 1 atom stereocenters. The molecule has 7 heteroatoms. The molecule has 0 radical (unpaired) electrons. The van der Waals surface area contributed by atoms with Gasteiger partial charge in [-0.15, -0.1) is 11.3 Å². The van der Waals surface area contributed by atoms with Gasteiger partial charge in [0.2, 0.25) is 11.8 Å². The van der Waals surface area contributed by atoms with Crippen LogP contribution in [-0.4, -0.2) is 71.3 Å². The number of aryl methyl sites for hydroxylation is 1.